The zero-order chi connectivity index (χ0) is 18.1. The molecule has 0 bridgehead atoms. The van der Waals surface area contributed by atoms with Crippen LogP contribution in [0.2, 0.25) is 0 Å². The Morgan fingerprint density at radius 2 is 1.73 bits per heavy atom. The summed E-state index contributed by atoms with van der Waals surface area (Å²) in [5.41, 5.74) is 6.09. The monoisotopic (exact) mass is 341 g/mol. The molecular weight excluding hydrogens is 320 g/mol. The molecule has 3 heteroatoms. The van der Waals surface area contributed by atoms with E-state index in [2.05, 4.69) is 31.2 Å². The van der Waals surface area contributed by atoms with Gasteiger partial charge >= 0.3 is 0 Å². The van der Waals surface area contributed by atoms with Crippen molar-refractivity contribution in [2.24, 2.45) is 0 Å². The Hall–Kier alpha value is -3.20. The Balaban J connectivity index is 1.89. The average Bonchev–Trinajstić information content (AvgIpc) is 3.05. The largest absolute Gasteiger partial charge is 0.313 e. The van der Waals surface area contributed by atoms with Crippen LogP contribution in [0.3, 0.4) is 0 Å². The Bertz CT molecular complexity index is 1090. The molecule has 0 fully saturated rings. The summed E-state index contributed by atoms with van der Waals surface area (Å²) in [5.74, 6) is 0.105. The minimum atomic E-state index is 0.105. The van der Waals surface area contributed by atoms with Crippen molar-refractivity contribution in [3.05, 3.63) is 96.1 Å². The lowest BCUT2D eigenvalue weighted by Crippen LogP contribution is -2.40. The van der Waals surface area contributed by atoms with Crippen LogP contribution in [0.25, 0.3) is 16.6 Å². The number of hydrogen-bond acceptors (Lipinski definition) is 1. The van der Waals surface area contributed by atoms with Gasteiger partial charge in [-0.15, -0.1) is 0 Å². The lowest BCUT2D eigenvalue weighted by molar-refractivity contribution is -0.689. The van der Waals surface area contributed by atoms with Crippen LogP contribution in [0.15, 0.2) is 79.1 Å². The van der Waals surface area contributed by atoms with Crippen LogP contribution in [-0.4, -0.2) is 10.2 Å². The van der Waals surface area contributed by atoms with Gasteiger partial charge in [-0.2, -0.15) is 4.57 Å². The van der Waals surface area contributed by atoms with E-state index in [-0.39, 0.29) is 5.78 Å². The van der Waals surface area contributed by atoms with Crippen LogP contribution in [0.4, 0.5) is 0 Å². The molecule has 0 spiro atoms. The fraction of sp³-hybridized carbons (Fsp3) is 0.130. The van der Waals surface area contributed by atoms with Crippen LogP contribution in [0.5, 0.6) is 0 Å². The molecule has 26 heavy (non-hydrogen) atoms. The number of hydrogen-bond donors (Lipinski definition) is 0. The van der Waals surface area contributed by atoms with Crippen molar-refractivity contribution in [1.82, 2.24) is 4.40 Å². The summed E-state index contributed by atoms with van der Waals surface area (Å²) in [5, 5.41) is 0. The maximum atomic E-state index is 13.3. The highest BCUT2D eigenvalue weighted by atomic mass is 16.1. The van der Waals surface area contributed by atoms with Crippen molar-refractivity contribution in [2.75, 3.05) is 0 Å². The summed E-state index contributed by atoms with van der Waals surface area (Å²) in [6, 6.07) is 22.3. The fourth-order valence-electron chi connectivity index (χ4n) is 3.43. The van der Waals surface area contributed by atoms with Gasteiger partial charge in [0.15, 0.2) is 11.9 Å². The summed E-state index contributed by atoms with van der Waals surface area (Å²) in [6.45, 7) is 4.42. The number of fused-ring (bicyclic) bond motifs is 1. The van der Waals surface area contributed by atoms with E-state index in [1.54, 1.807) is 0 Å². The average molecular weight is 341 g/mol. The third-order valence-corrected chi connectivity index (χ3v) is 4.85. The first-order chi connectivity index (χ1) is 12.6. The van der Waals surface area contributed by atoms with Crippen molar-refractivity contribution in [3.8, 4) is 11.1 Å². The summed E-state index contributed by atoms with van der Waals surface area (Å²) in [4.78, 5) is 13.3. The molecule has 128 valence electrons. The number of carbonyl (C=O) groups excluding carboxylic acids is 1. The van der Waals surface area contributed by atoms with E-state index in [9.17, 15) is 4.79 Å². The number of ketones is 1. The molecule has 0 saturated carbocycles. The second-order valence-electron chi connectivity index (χ2n) is 6.61. The van der Waals surface area contributed by atoms with Gasteiger partial charge in [0.25, 0.3) is 0 Å². The van der Waals surface area contributed by atoms with Gasteiger partial charge in [0.1, 0.15) is 5.69 Å². The lowest BCUT2D eigenvalue weighted by atomic mass is 10.0. The van der Waals surface area contributed by atoms with Gasteiger partial charge in [0, 0.05) is 36.3 Å². The maximum Gasteiger partial charge on any atom is 0.244 e. The molecule has 1 aromatic carbocycles. The summed E-state index contributed by atoms with van der Waals surface area (Å²) >= 11 is 0. The number of benzene rings is 1. The predicted molar refractivity (Wildman–Crippen MR) is 103 cm³/mol. The van der Waals surface area contributed by atoms with Crippen LogP contribution < -0.4 is 4.57 Å². The minimum Gasteiger partial charge on any atom is -0.313 e. The van der Waals surface area contributed by atoms with Gasteiger partial charge in [-0.1, -0.05) is 42.5 Å². The molecule has 0 amide bonds. The maximum absolute atomic E-state index is 13.3. The fourth-order valence-corrected chi connectivity index (χ4v) is 3.43. The van der Waals surface area contributed by atoms with Gasteiger partial charge in [0.2, 0.25) is 12.3 Å². The molecular formula is C23H21N2O+. The predicted octanol–water partition coefficient (Wildman–Crippen LogP) is 4.39. The van der Waals surface area contributed by atoms with Crippen LogP contribution in [-0.2, 0) is 6.54 Å². The summed E-state index contributed by atoms with van der Waals surface area (Å²) in [6.07, 6.45) is 3.93. The van der Waals surface area contributed by atoms with Crippen LogP contribution in [0, 0.1) is 13.8 Å². The Morgan fingerprint density at radius 3 is 2.50 bits per heavy atom. The van der Waals surface area contributed by atoms with Crippen LogP contribution in [0.1, 0.15) is 21.7 Å². The molecule has 3 heterocycles. The molecule has 0 saturated heterocycles. The van der Waals surface area contributed by atoms with Gasteiger partial charge in [0.05, 0.1) is 0 Å². The third-order valence-electron chi connectivity index (χ3n) is 4.85. The normalized spacial score (nSPS) is 11.0. The number of pyridine rings is 2. The van der Waals surface area contributed by atoms with E-state index in [1.165, 1.54) is 0 Å². The molecule has 4 aromatic rings. The van der Waals surface area contributed by atoms with Gasteiger partial charge in [-0.25, -0.2) is 0 Å². The van der Waals surface area contributed by atoms with E-state index < -0.39 is 0 Å². The zero-order valence-electron chi connectivity index (χ0n) is 15.0. The van der Waals surface area contributed by atoms with E-state index >= 15 is 0 Å². The lowest BCUT2D eigenvalue weighted by Gasteiger charge is -2.06. The molecule has 0 radical (unpaired) electrons. The molecule has 3 aromatic heterocycles. The number of Topliss-reactive ketones (excluding diaryl/α,β-unsaturated/α-hetero) is 1. The number of aryl methyl sites for hydroxylation is 2. The SMILES string of the molecule is Cc1cccn2c(C(=O)C[n+]3ccccc3C)c(-c3ccccc3)cc12. The highest BCUT2D eigenvalue weighted by molar-refractivity contribution is 6.02. The topological polar surface area (TPSA) is 25.4 Å². The molecule has 0 atom stereocenters. The van der Waals surface area contributed by atoms with Gasteiger partial charge < -0.3 is 4.40 Å². The number of nitrogens with zero attached hydrogens (tertiary/aromatic N) is 2. The van der Waals surface area contributed by atoms with Crippen molar-refractivity contribution in [1.29, 1.82) is 0 Å². The molecule has 4 rings (SSSR count). The standard InChI is InChI=1S/C23H21N2O/c1-17-9-8-14-25-21(17)15-20(19-11-4-3-5-12-19)23(25)22(26)16-24-13-7-6-10-18(24)2/h3-15H,16H2,1-2H3/q+1. The van der Waals surface area contributed by atoms with E-state index in [0.717, 1.165) is 33.6 Å². The third kappa shape index (κ3) is 2.82. The first-order valence-corrected chi connectivity index (χ1v) is 8.79. The minimum absolute atomic E-state index is 0.105. The molecule has 3 nitrogen and oxygen atoms in total. The smallest absolute Gasteiger partial charge is 0.244 e. The second kappa shape index (κ2) is 6.60. The number of carbonyl (C=O) groups is 1. The first kappa shape index (κ1) is 16.3. The van der Waals surface area contributed by atoms with E-state index in [1.807, 2.05) is 70.7 Å². The van der Waals surface area contributed by atoms with Crippen LogP contribution >= 0.6 is 0 Å². The Labute approximate surface area is 153 Å². The summed E-state index contributed by atoms with van der Waals surface area (Å²) < 4.78 is 4.02. The highest BCUT2D eigenvalue weighted by Crippen LogP contribution is 2.29. The van der Waals surface area contributed by atoms with Crippen molar-refractivity contribution in [3.63, 3.8) is 0 Å². The molecule has 0 unspecified atom stereocenters. The van der Waals surface area contributed by atoms with Crippen molar-refractivity contribution < 1.29 is 9.36 Å². The van der Waals surface area contributed by atoms with Crippen molar-refractivity contribution >= 4 is 11.3 Å². The van der Waals surface area contributed by atoms with E-state index in [0.29, 0.717) is 6.54 Å². The second-order valence-corrected chi connectivity index (χ2v) is 6.61. The molecule has 0 N–H and O–H groups in total. The molecule has 0 aliphatic heterocycles. The number of aromatic nitrogens is 2. The van der Waals surface area contributed by atoms with Gasteiger partial charge in [-0.05, 0) is 30.2 Å². The Kier molecular flexibility index (Phi) is 4.13. The Morgan fingerprint density at radius 1 is 0.962 bits per heavy atom. The molecule has 0 aliphatic rings. The quantitative estimate of drug-likeness (QED) is 0.399. The zero-order valence-corrected chi connectivity index (χ0v) is 15.0. The highest BCUT2D eigenvalue weighted by Gasteiger charge is 2.23. The molecule has 0 aliphatic carbocycles. The van der Waals surface area contributed by atoms with E-state index in [4.69, 9.17) is 0 Å². The summed E-state index contributed by atoms with van der Waals surface area (Å²) in [7, 11) is 0. The van der Waals surface area contributed by atoms with Crippen molar-refractivity contribution in [2.45, 2.75) is 20.4 Å². The number of rotatable bonds is 4. The van der Waals surface area contributed by atoms with Gasteiger partial charge in [-0.3, -0.25) is 4.79 Å². The first-order valence-electron chi connectivity index (χ1n) is 8.79.